The highest BCUT2D eigenvalue weighted by molar-refractivity contribution is 6.55. The predicted octanol–water partition coefficient (Wildman–Crippen LogP) is 1.69. The first kappa shape index (κ1) is 11.7. The molecule has 94 valence electrons. The Bertz CT molecular complexity index is 353. The van der Waals surface area contributed by atoms with Crippen molar-refractivity contribution in [2.75, 3.05) is 13.2 Å². The minimum atomic E-state index is -0.554. The van der Waals surface area contributed by atoms with Crippen LogP contribution in [0.5, 0.6) is 0 Å². The summed E-state index contributed by atoms with van der Waals surface area (Å²) in [5.41, 5.74) is 0.371. The van der Waals surface area contributed by atoms with Crippen LogP contribution in [0.2, 0.25) is 0 Å². The molecule has 0 saturated carbocycles. The molecule has 0 radical (unpaired) electrons. The van der Waals surface area contributed by atoms with Crippen molar-refractivity contribution in [1.82, 2.24) is 0 Å². The van der Waals surface area contributed by atoms with Gasteiger partial charge in [-0.1, -0.05) is 6.08 Å². The van der Waals surface area contributed by atoms with Crippen LogP contribution in [-0.2, 0) is 18.8 Å². The average Bonchev–Trinajstić information content (AvgIpc) is 2.70. The maximum Gasteiger partial charge on any atom is 0.495 e. The van der Waals surface area contributed by atoms with E-state index >= 15 is 0 Å². The highest BCUT2D eigenvalue weighted by atomic mass is 16.7. The topological polar surface area (TPSA) is 36.9 Å². The normalized spacial score (nSPS) is 32.7. The minimum absolute atomic E-state index is 0.312. The van der Waals surface area contributed by atoms with Crippen molar-refractivity contribution < 1.29 is 18.8 Å². The molecule has 0 unspecified atom stereocenters. The summed E-state index contributed by atoms with van der Waals surface area (Å²) in [6.45, 7) is 9.50. The van der Waals surface area contributed by atoms with Crippen molar-refractivity contribution in [3.63, 3.8) is 0 Å². The van der Waals surface area contributed by atoms with E-state index in [4.69, 9.17) is 18.8 Å². The molecule has 0 aromatic carbocycles. The van der Waals surface area contributed by atoms with E-state index in [-0.39, 0.29) is 18.3 Å². The van der Waals surface area contributed by atoms with Crippen LogP contribution >= 0.6 is 0 Å². The van der Waals surface area contributed by atoms with Gasteiger partial charge < -0.3 is 18.8 Å². The lowest BCUT2D eigenvalue weighted by molar-refractivity contribution is -0.133. The third-order valence-corrected chi connectivity index (χ3v) is 4.29. The Hall–Kier alpha value is -0.355. The highest BCUT2D eigenvalue weighted by Crippen LogP contribution is 2.47. The standard InChI is InChI=1S/C12H19BO4/c1-10(2)11(3,4)17-13(16-10)9-5-6-12(9)14-7-8-15-12/h5H,6-8H2,1-4H3. The summed E-state index contributed by atoms with van der Waals surface area (Å²) in [6.07, 6.45) is 2.89. The van der Waals surface area contributed by atoms with Gasteiger partial charge in [0.15, 0.2) is 5.79 Å². The van der Waals surface area contributed by atoms with E-state index in [1.807, 2.05) is 0 Å². The Kier molecular flexibility index (Phi) is 2.31. The maximum atomic E-state index is 6.00. The molecule has 2 aliphatic heterocycles. The number of ether oxygens (including phenoxy) is 2. The van der Waals surface area contributed by atoms with E-state index in [0.29, 0.717) is 13.2 Å². The molecule has 5 heteroatoms. The molecule has 0 N–H and O–H groups in total. The van der Waals surface area contributed by atoms with Crippen LogP contribution < -0.4 is 0 Å². The van der Waals surface area contributed by atoms with E-state index in [9.17, 15) is 0 Å². The molecule has 4 nitrogen and oxygen atoms in total. The lowest BCUT2D eigenvalue weighted by Crippen LogP contribution is -2.46. The molecule has 2 saturated heterocycles. The van der Waals surface area contributed by atoms with Gasteiger partial charge in [0, 0.05) is 11.9 Å². The smallest absolute Gasteiger partial charge is 0.399 e. The largest absolute Gasteiger partial charge is 0.495 e. The first-order chi connectivity index (χ1) is 7.86. The van der Waals surface area contributed by atoms with Gasteiger partial charge in [-0.15, -0.1) is 0 Å². The van der Waals surface area contributed by atoms with E-state index in [1.165, 1.54) is 0 Å². The van der Waals surface area contributed by atoms with Gasteiger partial charge >= 0.3 is 7.12 Å². The minimum Gasteiger partial charge on any atom is -0.399 e. The second kappa shape index (κ2) is 3.35. The molecule has 0 aromatic heterocycles. The first-order valence-electron chi connectivity index (χ1n) is 6.20. The van der Waals surface area contributed by atoms with Gasteiger partial charge in [0.25, 0.3) is 0 Å². The number of rotatable bonds is 1. The molecule has 1 aliphatic carbocycles. The van der Waals surface area contributed by atoms with Gasteiger partial charge in [0.2, 0.25) is 0 Å². The molecule has 3 aliphatic rings. The molecule has 0 aromatic rings. The molecule has 1 spiro atoms. The van der Waals surface area contributed by atoms with Crippen LogP contribution in [0.3, 0.4) is 0 Å². The van der Waals surface area contributed by atoms with E-state index < -0.39 is 5.79 Å². The zero-order chi connectivity index (χ0) is 12.3. The summed E-state index contributed by atoms with van der Waals surface area (Å²) >= 11 is 0. The molecule has 2 fully saturated rings. The van der Waals surface area contributed by atoms with Gasteiger partial charge in [0.1, 0.15) is 0 Å². The summed E-state index contributed by atoms with van der Waals surface area (Å²) < 4.78 is 23.4. The zero-order valence-electron chi connectivity index (χ0n) is 10.9. The second-order valence-corrected chi connectivity index (χ2v) is 5.90. The Balaban J connectivity index is 1.80. The van der Waals surface area contributed by atoms with Crippen molar-refractivity contribution in [1.29, 1.82) is 0 Å². The lowest BCUT2D eigenvalue weighted by Gasteiger charge is -2.37. The molecule has 17 heavy (non-hydrogen) atoms. The van der Waals surface area contributed by atoms with Crippen molar-refractivity contribution in [3.05, 3.63) is 11.5 Å². The quantitative estimate of drug-likeness (QED) is 0.651. The van der Waals surface area contributed by atoms with E-state index in [0.717, 1.165) is 11.9 Å². The van der Waals surface area contributed by atoms with Crippen molar-refractivity contribution >= 4 is 7.12 Å². The molecular weight excluding hydrogens is 219 g/mol. The van der Waals surface area contributed by atoms with Crippen LogP contribution in [0.15, 0.2) is 11.5 Å². The summed E-state index contributed by atoms with van der Waals surface area (Å²) in [6, 6.07) is 0. The molecule has 0 atom stereocenters. The molecular formula is C12H19BO4. The van der Waals surface area contributed by atoms with Gasteiger partial charge in [-0.2, -0.15) is 0 Å². The number of hydrogen-bond donors (Lipinski definition) is 0. The fourth-order valence-electron chi connectivity index (χ4n) is 2.37. The summed E-state index contributed by atoms with van der Waals surface area (Å²) in [5.74, 6) is -0.554. The van der Waals surface area contributed by atoms with Crippen LogP contribution in [0.25, 0.3) is 0 Å². The maximum absolute atomic E-state index is 6.00. The summed E-state index contributed by atoms with van der Waals surface area (Å²) in [4.78, 5) is 0. The van der Waals surface area contributed by atoms with Gasteiger partial charge in [0.05, 0.1) is 24.4 Å². The Labute approximate surface area is 102 Å². The van der Waals surface area contributed by atoms with Gasteiger partial charge in [-0.3, -0.25) is 0 Å². The third-order valence-electron chi connectivity index (χ3n) is 4.29. The lowest BCUT2D eigenvalue weighted by atomic mass is 9.65. The second-order valence-electron chi connectivity index (χ2n) is 5.90. The van der Waals surface area contributed by atoms with Crippen molar-refractivity contribution in [2.45, 2.75) is 51.1 Å². The Morgan fingerprint density at radius 3 is 1.94 bits per heavy atom. The molecule has 2 heterocycles. The van der Waals surface area contributed by atoms with E-state index in [2.05, 4.69) is 33.8 Å². The van der Waals surface area contributed by atoms with Crippen molar-refractivity contribution in [2.24, 2.45) is 0 Å². The fraction of sp³-hybridized carbons (Fsp3) is 0.833. The van der Waals surface area contributed by atoms with Crippen molar-refractivity contribution in [3.8, 4) is 0 Å². The molecule has 0 amide bonds. The van der Waals surface area contributed by atoms with Crippen LogP contribution in [0, 0.1) is 0 Å². The van der Waals surface area contributed by atoms with E-state index in [1.54, 1.807) is 0 Å². The monoisotopic (exact) mass is 238 g/mol. The number of hydrogen-bond acceptors (Lipinski definition) is 4. The van der Waals surface area contributed by atoms with Gasteiger partial charge in [-0.05, 0) is 27.7 Å². The average molecular weight is 238 g/mol. The Morgan fingerprint density at radius 2 is 1.53 bits per heavy atom. The highest BCUT2D eigenvalue weighted by Gasteiger charge is 2.59. The van der Waals surface area contributed by atoms with Gasteiger partial charge in [-0.25, -0.2) is 0 Å². The van der Waals surface area contributed by atoms with Crippen LogP contribution in [0.1, 0.15) is 34.1 Å². The SMILES string of the molecule is CC1(C)OB(C2=CCC23OCCO3)OC1(C)C. The predicted molar refractivity (Wildman–Crippen MR) is 63.4 cm³/mol. The summed E-state index contributed by atoms with van der Waals surface area (Å²) in [7, 11) is -0.341. The van der Waals surface area contributed by atoms with Crippen LogP contribution in [-0.4, -0.2) is 37.3 Å². The zero-order valence-corrected chi connectivity index (χ0v) is 10.9. The van der Waals surface area contributed by atoms with Crippen LogP contribution in [0.4, 0.5) is 0 Å². The Morgan fingerprint density at radius 1 is 1.00 bits per heavy atom. The molecule has 0 bridgehead atoms. The molecule has 3 rings (SSSR count). The first-order valence-corrected chi connectivity index (χ1v) is 6.20. The third kappa shape index (κ3) is 1.53. The summed E-state index contributed by atoms with van der Waals surface area (Å²) in [5, 5.41) is 0. The fourth-order valence-corrected chi connectivity index (χ4v) is 2.37.